The normalized spacial score (nSPS) is 18.0. The average Bonchev–Trinajstić information content (AvgIpc) is 3.06. The summed E-state index contributed by atoms with van der Waals surface area (Å²) < 4.78 is 13.0. The predicted octanol–water partition coefficient (Wildman–Crippen LogP) is 6.10. The summed E-state index contributed by atoms with van der Waals surface area (Å²) in [5.74, 6) is -0.531. The van der Waals surface area contributed by atoms with Gasteiger partial charge in [0.1, 0.15) is 5.03 Å². The topological polar surface area (TPSA) is 130 Å². The van der Waals surface area contributed by atoms with E-state index in [9.17, 15) is 19.8 Å². The molecule has 44 heavy (non-hydrogen) atoms. The fraction of sp³-hybridized carbons (Fsp3) is 0.265. The predicted molar refractivity (Wildman–Crippen MR) is 168 cm³/mol. The van der Waals surface area contributed by atoms with E-state index in [-0.39, 0.29) is 30.4 Å². The number of ether oxygens (including phenoxy) is 2. The lowest BCUT2D eigenvalue weighted by Gasteiger charge is -2.36. The summed E-state index contributed by atoms with van der Waals surface area (Å²) in [4.78, 5) is 27.9. The minimum absolute atomic E-state index is 0.0389. The molecule has 0 radical (unpaired) electrons. The van der Waals surface area contributed by atoms with Crippen LogP contribution in [-0.4, -0.2) is 45.6 Å². The molecule has 1 saturated heterocycles. The Balaban J connectivity index is 1.37. The molecule has 1 aliphatic rings. The molecule has 1 aromatic heterocycles. The fourth-order valence-corrected chi connectivity index (χ4v) is 6.00. The molecule has 9 nitrogen and oxygen atoms in total. The van der Waals surface area contributed by atoms with Crippen LogP contribution < -0.4 is 10.6 Å². The minimum Gasteiger partial charge on any atom is -0.478 e. The first-order chi connectivity index (χ1) is 21.4. The third kappa shape index (κ3) is 8.03. The molecule has 1 fully saturated rings. The standard InChI is InChI=1S/C34H35N3O6S/c1-2-35-34(41)37-19-23-6-3-7-25(16-23)26-8-4-9-27(17-26)33-42-28(21-44-31-29(32(39)40)10-5-15-36-31)18-30(43-33)24-13-11-22(20-38)12-14-24/h3-17,28,30,33,38H,2,18-21H2,1H3,(H,39,40)(H2,35,37,41)/t28-,30+,33+/m1/s1. The van der Waals surface area contributed by atoms with Gasteiger partial charge in [0.15, 0.2) is 6.29 Å². The van der Waals surface area contributed by atoms with E-state index in [1.54, 1.807) is 18.3 Å². The highest BCUT2D eigenvalue weighted by molar-refractivity contribution is 7.99. The number of nitrogens with one attached hydrogen (secondary N) is 2. The first-order valence-electron chi connectivity index (χ1n) is 14.5. The average molecular weight is 614 g/mol. The molecule has 1 aliphatic heterocycles. The molecule has 0 bridgehead atoms. The van der Waals surface area contributed by atoms with E-state index in [1.807, 2.05) is 79.7 Å². The zero-order valence-corrected chi connectivity index (χ0v) is 25.1. The number of thioether (sulfide) groups is 1. The van der Waals surface area contributed by atoms with Crippen LogP contribution in [0.2, 0.25) is 0 Å². The molecular formula is C34H35N3O6S. The number of aromatic nitrogens is 1. The second-order valence-electron chi connectivity index (χ2n) is 10.4. The van der Waals surface area contributed by atoms with Crippen molar-refractivity contribution >= 4 is 23.8 Å². The van der Waals surface area contributed by atoms with Crippen LogP contribution in [-0.2, 0) is 22.6 Å². The fourth-order valence-electron chi connectivity index (χ4n) is 4.99. The molecule has 3 atom stereocenters. The van der Waals surface area contributed by atoms with Crippen LogP contribution in [0.15, 0.2) is 96.2 Å². The van der Waals surface area contributed by atoms with Crippen LogP contribution in [0.1, 0.15) is 58.4 Å². The van der Waals surface area contributed by atoms with Gasteiger partial charge >= 0.3 is 12.0 Å². The number of hydrogen-bond acceptors (Lipinski definition) is 7. The summed E-state index contributed by atoms with van der Waals surface area (Å²) in [6.45, 7) is 2.80. The molecule has 228 valence electrons. The Morgan fingerprint density at radius 1 is 0.909 bits per heavy atom. The van der Waals surface area contributed by atoms with Crippen LogP contribution in [0, 0.1) is 0 Å². The van der Waals surface area contributed by atoms with Gasteiger partial charge in [-0.1, -0.05) is 60.7 Å². The van der Waals surface area contributed by atoms with Gasteiger partial charge in [-0.15, -0.1) is 11.8 Å². The van der Waals surface area contributed by atoms with Crippen LogP contribution in [0.25, 0.3) is 11.1 Å². The number of amides is 2. The molecular weight excluding hydrogens is 578 g/mol. The summed E-state index contributed by atoms with van der Waals surface area (Å²) in [7, 11) is 0. The quantitative estimate of drug-likeness (QED) is 0.150. The Kier molecular flexibility index (Phi) is 10.6. The lowest BCUT2D eigenvalue weighted by atomic mass is 9.99. The highest BCUT2D eigenvalue weighted by Crippen LogP contribution is 2.40. The van der Waals surface area contributed by atoms with Crippen LogP contribution in [0.4, 0.5) is 4.79 Å². The number of carboxylic acids is 1. The Morgan fingerprint density at radius 2 is 1.68 bits per heavy atom. The van der Waals surface area contributed by atoms with Crippen LogP contribution >= 0.6 is 11.8 Å². The molecule has 5 rings (SSSR count). The number of rotatable bonds is 11. The maximum atomic E-state index is 11.9. The van der Waals surface area contributed by atoms with Gasteiger partial charge in [0.05, 0.1) is 24.4 Å². The van der Waals surface area contributed by atoms with Crippen molar-refractivity contribution in [2.75, 3.05) is 12.3 Å². The first-order valence-corrected chi connectivity index (χ1v) is 15.4. The Labute approximate surface area is 260 Å². The molecule has 2 amide bonds. The number of carboxylic acid groups (broad SMARTS) is 1. The highest BCUT2D eigenvalue weighted by Gasteiger charge is 2.32. The van der Waals surface area contributed by atoms with Crippen molar-refractivity contribution in [3.63, 3.8) is 0 Å². The largest absolute Gasteiger partial charge is 0.478 e. The van der Waals surface area contributed by atoms with Gasteiger partial charge in [-0.2, -0.15) is 0 Å². The summed E-state index contributed by atoms with van der Waals surface area (Å²) in [5, 5.41) is 25.1. The number of benzene rings is 3. The third-order valence-corrected chi connectivity index (χ3v) is 8.37. The number of aliphatic hydroxyl groups excluding tert-OH is 1. The van der Waals surface area contributed by atoms with Crippen molar-refractivity contribution in [3.05, 3.63) is 119 Å². The van der Waals surface area contributed by atoms with Gasteiger partial charge in [0.2, 0.25) is 0 Å². The van der Waals surface area contributed by atoms with Gasteiger partial charge in [-0.25, -0.2) is 14.6 Å². The second kappa shape index (κ2) is 15.0. The van der Waals surface area contributed by atoms with E-state index < -0.39 is 12.3 Å². The molecule has 2 heterocycles. The van der Waals surface area contributed by atoms with Gasteiger partial charge in [-0.05, 0) is 59.0 Å². The van der Waals surface area contributed by atoms with E-state index >= 15 is 0 Å². The minimum atomic E-state index is -1.02. The van der Waals surface area contributed by atoms with E-state index in [4.69, 9.17) is 9.47 Å². The van der Waals surface area contributed by atoms with Gasteiger partial charge < -0.3 is 30.3 Å². The Hall–Kier alpha value is -4.22. The zero-order valence-electron chi connectivity index (χ0n) is 24.3. The molecule has 3 aromatic carbocycles. The summed E-state index contributed by atoms with van der Waals surface area (Å²) >= 11 is 1.35. The molecule has 4 aromatic rings. The maximum Gasteiger partial charge on any atom is 0.338 e. The van der Waals surface area contributed by atoms with Crippen molar-refractivity contribution in [1.29, 1.82) is 0 Å². The molecule has 4 N–H and O–H groups in total. The number of carbonyl (C=O) groups excluding carboxylic acids is 1. The lowest BCUT2D eigenvalue weighted by molar-refractivity contribution is -0.245. The number of hydrogen-bond donors (Lipinski definition) is 4. The van der Waals surface area contributed by atoms with E-state index in [2.05, 4.69) is 15.6 Å². The Morgan fingerprint density at radius 3 is 2.43 bits per heavy atom. The second-order valence-corrected chi connectivity index (χ2v) is 11.4. The van der Waals surface area contributed by atoms with Gasteiger partial charge in [0, 0.05) is 37.0 Å². The van der Waals surface area contributed by atoms with E-state index in [0.717, 1.165) is 33.4 Å². The lowest BCUT2D eigenvalue weighted by Crippen LogP contribution is -2.34. The number of carbonyl (C=O) groups is 2. The van der Waals surface area contributed by atoms with Crippen LogP contribution in [0.3, 0.4) is 0 Å². The summed E-state index contributed by atoms with van der Waals surface area (Å²) in [5.41, 5.74) is 5.75. The number of urea groups is 1. The zero-order chi connectivity index (χ0) is 30.9. The SMILES string of the molecule is CCNC(=O)NCc1cccc(-c2cccc([C@H]3O[C@@H](CSc4ncccc4C(=O)O)C[C@@H](c4ccc(CO)cc4)O3)c2)c1. The van der Waals surface area contributed by atoms with Crippen molar-refractivity contribution in [1.82, 2.24) is 15.6 Å². The van der Waals surface area contributed by atoms with Crippen molar-refractivity contribution in [3.8, 4) is 11.1 Å². The molecule has 0 spiro atoms. The summed E-state index contributed by atoms with van der Waals surface area (Å²) in [6, 6.07) is 26.7. The van der Waals surface area contributed by atoms with Crippen molar-refractivity contribution in [2.45, 2.75) is 50.0 Å². The van der Waals surface area contributed by atoms with Gasteiger partial charge in [0.25, 0.3) is 0 Å². The molecule has 10 heteroatoms. The first kappa shape index (κ1) is 31.2. The van der Waals surface area contributed by atoms with Crippen molar-refractivity contribution in [2.24, 2.45) is 0 Å². The van der Waals surface area contributed by atoms with Gasteiger partial charge in [-0.3, -0.25) is 0 Å². The maximum absolute atomic E-state index is 11.9. The molecule has 0 aliphatic carbocycles. The smallest absolute Gasteiger partial charge is 0.338 e. The number of aromatic carboxylic acids is 1. The summed E-state index contributed by atoms with van der Waals surface area (Å²) in [6.07, 6.45) is 0.962. The molecule has 0 saturated carbocycles. The van der Waals surface area contributed by atoms with Crippen molar-refractivity contribution < 1.29 is 29.3 Å². The third-order valence-electron chi connectivity index (χ3n) is 7.23. The molecule has 0 unspecified atom stereocenters. The number of nitrogens with zero attached hydrogens (tertiary/aromatic N) is 1. The monoisotopic (exact) mass is 613 g/mol. The van der Waals surface area contributed by atoms with E-state index in [0.29, 0.717) is 30.3 Å². The Bertz CT molecular complexity index is 1580. The number of pyridine rings is 1. The number of aliphatic hydroxyl groups is 1. The van der Waals surface area contributed by atoms with E-state index in [1.165, 1.54) is 11.8 Å². The highest BCUT2D eigenvalue weighted by atomic mass is 32.2. The van der Waals surface area contributed by atoms with Crippen LogP contribution in [0.5, 0.6) is 0 Å².